The van der Waals surface area contributed by atoms with E-state index in [0.29, 0.717) is 23.4 Å². The average Bonchev–Trinajstić information content (AvgIpc) is 2.61. The van der Waals surface area contributed by atoms with Gasteiger partial charge in [0.2, 0.25) is 0 Å². The van der Waals surface area contributed by atoms with E-state index in [1.807, 2.05) is 31.1 Å². The van der Waals surface area contributed by atoms with Gasteiger partial charge in [0.15, 0.2) is 5.85 Å². The molecule has 0 aliphatic heterocycles. The number of aromatic nitrogens is 1. The largest absolute Gasteiger partial charge is 0.378 e. The summed E-state index contributed by atoms with van der Waals surface area (Å²) in [5.41, 5.74) is 1.49. The number of aliphatic hydroxyl groups is 1. The zero-order valence-corrected chi connectivity index (χ0v) is 16.2. The van der Waals surface area contributed by atoms with Gasteiger partial charge in [-0.3, -0.25) is 9.55 Å². The molecule has 1 aromatic carbocycles. The van der Waals surface area contributed by atoms with Crippen LogP contribution in [-0.2, 0) is 9.09 Å². The van der Waals surface area contributed by atoms with Crippen LogP contribution in [0.3, 0.4) is 0 Å². The summed E-state index contributed by atoms with van der Waals surface area (Å²) in [6.45, 7) is 4.50. The van der Waals surface area contributed by atoms with Crippen LogP contribution in [0.25, 0.3) is 0 Å². The molecular weight excluding hydrogens is 335 g/mol. The second kappa shape index (κ2) is 8.61. The SMILES string of the molecule is CC(C)CCO[P@](=O)(c1ccc(N(C)C)cc1)[C@@H](O)c1cccnc1. The third kappa shape index (κ3) is 4.91. The highest BCUT2D eigenvalue weighted by Gasteiger charge is 2.36. The van der Waals surface area contributed by atoms with Gasteiger partial charge in [0.05, 0.1) is 6.61 Å². The Labute approximate surface area is 150 Å². The molecule has 2 rings (SSSR count). The van der Waals surface area contributed by atoms with Crippen molar-refractivity contribution in [2.45, 2.75) is 26.1 Å². The van der Waals surface area contributed by atoms with Crippen molar-refractivity contribution < 1.29 is 14.2 Å². The Kier molecular flexibility index (Phi) is 6.77. The van der Waals surface area contributed by atoms with Gasteiger partial charge in [-0.1, -0.05) is 19.9 Å². The van der Waals surface area contributed by atoms with Gasteiger partial charge in [-0.2, -0.15) is 0 Å². The van der Waals surface area contributed by atoms with Crippen molar-refractivity contribution in [3.8, 4) is 0 Å². The lowest BCUT2D eigenvalue weighted by Crippen LogP contribution is -2.17. The van der Waals surface area contributed by atoms with E-state index in [1.54, 1.807) is 30.5 Å². The number of hydrogen-bond donors (Lipinski definition) is 1. The molecule has 6 heteroatoms. The van der Waals surface area contributed by atoms with Crippen LogP contribution in [0, 0.1) is 5.92 Å². The predicted molar refractivity (Wildman–Crippen MR) is 103 cm³/mol. The van der Waals surface area contributed by atoms with Crippen molar-refractivity contribution in [3.05, 3.63) is 54.4 Å². The zero-order valence-electron chi connectivity index (χ0n) is 15.3. The molecule has 5 nitrogen and oxygen atoms in total. The highest BCUT2D eigenvalue weighted by molar-refractivity contribution is 7.67. The van der Waals surface area contributed by atoms with Gasteiger partial charge in [0, 0.05) is 43.0 Å². The highest BCUT2D eigenvalue weighted by atomic mass is 31.2. The lowest BCUT2D eigenvalue weighted by molar-refractivity contribution is 0.208. The van der Waals surface area contributed by atoms with Crippen molar-refractivity contribution in [1.29, 1.82) is 0 Å². The molecule has 2 atom stereocenters. The summed E-state index contributed by atoms with van der Waals surface area (Å²) in [7, 11) is 0.391. The van der Waals surface area contributed by atoms with E-state index >= 15 is 0 Å². The van der Waals surface area contributed by atoms with E-state index in [1.165, 1.54) is 6.20 Å². The summed E-state index contributed by atoms with van der Waals surface area (Å²) in [5, 5.41) is 11.3. The molecule has 0 aliphatic rings. The molecule has 0 spiro atoms. The van der Waals surface area contributed by atoms with Crippen molar-refractivity contribution in [1.82, 2.24) is 4.98 Å². The smallest absolute Gasteiger partial charge is 0.264 e. The molecule has 136 valence electrons. The second-order valence-corrected chi connectivity index (χ2v) is 9.14. The minimum Gasteiger partial charge on any atom is -0.378 e. The molecule has 0 amide bonds. The van der Waals surface area contributed by atoms with Gasteiger partial charge in [-0.15, -0.1) is 0 Å². The molecule has 1 N–H and O–H groups in total. The van der Waals surface area contributed by atoms with E-state index in [4.69, 9.17) is 4.52 Å². The topological polar surface area (TPSA) is 62.7 Å². The monoisotopic (exact) mass is 362 g/mol. The lowest BCUT2D eigenvalue weighted by Gasteiger charge is -2.25. The summed E-state index contributed by atoms with van der Waals surface area (Å²) >= 11 is 0. The van der Waals surface area contributed by atoms with E-state index in [0.717, 1.165) is 12.1 Å². The van der Waals surface area contributed by atoms with Crippen LogP contribution in [0.15, 0.2) is 48.8 Å². The van der Waals surface area contributed by atoms with Crippen LogP contribution in [0.5, 0.6) is 0 Å². The molecular formula is C19H27N2O3P. The van der Waals surface area contributed by atoms with Crippen molar-refractivity contribution in [2.75, 3.05) is 25.6 Å². The third-order valence-corrected chi connectivity index (χ3v) is 6.53. The Bertz CT molecular complexity index is 702. The van der Waals surface area contributed by atoms with E-state index in [-0.39, 0.29) is 0 Å². The van der Waals surface area contributed by atoms with E-state index < -0.39 is 13.2 Å². The first-order chi connectivity index (χ1) is 11.8. The molecule has 0 unspecified atom stereocenters. The number of nitrogens with zero attached hydrogens (tertiary/aromatic N) is 2. The van der Waals surface area contributed by atoms with Crippen LogP contribution in [0.2, 0.25) is 0 Å². The van der Waals surface area contributed by atoms with Crippen LogP contribution in [-0.4, -0.2) is 30.8 Å². The third-order valence-electron chi connectivity index (χ3n) is 4.01. The molecule has 0 saturated heterocycles. The van der Waals surface area contributed by atoms with Crippen molar-refractivity contribution in [2.24, 2.45) is 5.92 Å². The Morgan fingerprint density at radius 3 is 2.40 bits per heavy atom. The summed E-state index contributed by atoms with van der Waals surface area (Å²) < 4.78 is 19.5. The van der Waals surface area contributed by atoms with E-state index in [9.17, 15) is 9.67 Å². The molecule has 0 aliphatic carbocycles. The fourth-order valence-electron chi connectivity index (χ4n) is 2.39. The molecule has 25 heavy (non-hydrogen) atoms. The maximum atomic E-state index is 13.7. The fourth-order valence-corrected chi connectivity index (χ4v) is 4.45. The Morgan fingerprint density at radius 2 is 1.88 bits per heavy atom. The van der Waals surface area contributed by atoms with Crippen molar-refractivity contribution in [3.63, 3.8) is 0 Å². The van der Waals surface area contributed by atoms with Crippen LogP contribution >= 0.6 is 7.37 Å². The first-order valence-electron chi connectivity index (χ1n) is 8.45. The number of aliphatic hydroxyl groups excluding tert-OH is 1. The predicted octanol–water partition coefficient (Wildman–Crippen LogP) is 3.80. The standard InChI is InChI=1S/C19H27N2O3P/c1-15(2)11-13-24-25(23,19(22)16-6-5-12-20-14-16)18-9-7-17(8-10-18)21(3)4/h5-10,12,14-15,19,22H,11,13H2,1-4H3/t19-,25-/m1/s1. The van der Waals surface area contributed by atoms with Gasteiger partial charge in [-0.25, -0.2) is 0 Å². The number of pyridine rings is 1. The normalized spacial score (nSPS) is 15.0. The van der Waals surface area contributed by atoms with Gasteiger partial charge >= 0.3 is 0 Å². The molecule has 0 bridgehead atoms. The summed E-state index contributed by atoms with van der Waals surface area (Å²) in [4.78, 5) is 5.98. The van der Waals surface area contributed by atoms with Crippen LogP contribution < -0.4 is 10.2 Å². The van der Waals surface area contributed by atoms with Gasteiger partial charge in [0.25, 0.3) is 7.37 Å². The highest BCUT2D eigenvalue weighted by Crippen LogP contribution is 2.57. The summed E-state index contributed by atoms with van der Waals surface area (Å²) in [5.74, 6) is -0.807. The lowest BCUT2D eigenvalue weighted by atomic mass is 10.2. The zero-order chi connectivity index (χ0) is 18.4. The second-order valence-electron chi connectivity index (χ2n) is 6.68. The van der Waals surface area contributed by atoms with Gasteiger partial charge < -0.3 is 14.5 Å². The maximum Gasteiger partial charge on any atom is 0.264 e. The molecule has 1 heterocycles. The first kappa shape index (κ1) is 19.6. The summed E-state index contributed by atoms with van der Waals surface area (Å²) in [6, 6.07) is 10.7. The van der Waals surface area contributed by atoms with Crippen molar-refractivity contribution >= 4 is 18.4 Å². The molecule has 0 radical (unpaired) electrons. The fraction of sp³-hybridized carbons (Fsp3) is 0.421. The maximum absolute atomic E-state index is 13.7. The van der Waals surface area contributed by atoms with Gasteiger partial charge in [-0.05, 0) is 42.7 Å². The first-order valence-corrected chi connectivity index (χ1v) is 10.1. The number of benzene rings is 1. The summed E-state index contributed by atoms with van der Waals surface area (Å²) in [6.07, 6.45) is 3.92. The minimum atomic E-state index is -3.49. The molecule has 1 aromatic heterocycles. The number of anilines is 1. The Balaban J connectivity index is 2.35. The molecule has 0 fully saturated rings. The molecule has 0 saturated carbocycles. The quantitative estimate of drug-likeness (QED) is 0.724. The van der Waals surface area contributed by atoms with Crippen LogP contribution in [0.1, 0.15) is 31.7 Å². The average molecular weight is 362 g/mol. The van der Waals surface area contributed by atoms with Crippen LogP contribution in [0.4, 0.5) is 5.69 Å². The molecule has 2 aromatic rings. The van der Waals surface area contributed by atoms with E-state index in [2.05, 4.69) is 18.8 Å². The Morgan fingerprint density at radius 1 is 1.20 bits per heavy atom. The number of rotatable bonds is 8. The number of hydrogen-bond acceptors (Lipinski definition) is 5. The minimum absolute atomic E-state index is 0.335. The Hall–Kier alpha value is -1.68. The van der Waals surface area contributed by atoms with Gasteiger partial charge in [0.1, 0.15) is 0 Å².